The summed E-state index contributed by atoms with van der Waals surface area (Å²) in [6, 6.07) is 7.96. The first-order valence-corrected chi connectivity index (χ1v) is 11.1. The van der Waals surface area contributed by atoms with Crippen LogP contribution in [0.1, 0.15) is 37.8 Å². The first-order valence-electron chi connectivity index (χ1n) is 10.3. The van der Waals surface area contributed by atoms with E-state index in [-0.39, 0.29) is 34.0 Å². The number of halogens is 2. The number of benzene rings is 1. The smallest absolute Gasteiger partial charge is 0.414 e. The van der Waals surface area contributed by atoms with E-state index < -0.39 is 17.7 Å². The lowest BCUT2D eigenvalue weighted by molar-refractivity contribution is -0.114. The Morgan fingerprint density at radius 3 is 2.53 bits per heavy atom. The largest absolute Gasteiger partial charge is 0.481 e. The van der Waals surface area contributed by atoms with Crippen LogP contribution in [0.3, 0.4) is 0 Å². The van der Waals surface area contributed by atoms with Crippen LogP contribution in [-0.2, 0) is 9.53 Å². The minimum absolute atomic E-state index is 0.0660. The number of anilines is 1. The number of pyridine rings is 1. The van der Waals surface area contributed by atoms with E-state index in [1.165, 1.54) is 12.1 Å². The Kier molecular flexibility index (Phi) is 8.51. The van der Waals surface area contributed by atoms with Crippen molar-refractivity contribution in [3.8, 4) is 23.4 Å². The van der Waals surface area contributed by atoms with E-state index >= 15 is 0 Å². The molecule has 2 amide bonds. The molecule has 1 aliphatic rings. The number of imide groups is 1. The van der Waals surface area contributed by atoms with Gasteiger partial charge in [-0.3, -0.25) is 15.5 Å². The second kappa shape index (κ2) is 11.5. The summed E-state index contributed by atoms with van der Waals surface area (Å²) in [5.41, 5.74) is 2.97. The van der Waals surface area contributed by atoms with E-state index in [4.69, 9.17) is 37.9 Å². The molecule has 178 valence electrons. The fourth-order valence-corrected chi connectivity index (χ4v) is 3.58. The molecule has 10 nitrogen and oxygen atoms in total. The van der Waals surface area contributed by atoms with Gasteiger partial charge in [-0.05, 0) is 38.0 Å². The number of nitrogens with zero attached hydrogens (tertiary/aromatic N) is 3. The van der Waals surface area contributed by atoms with E-state index in [0.29, 0.717) is 11.6 Å². The number of rotatable bonds is 8. The van der Waals surface area contributed by atoms with Gasteiger partial charge in [0.1, 0.15) is 11.8 Å². The lowest BCUT2D eigenvalue weighted by Crippen LogP contribution is -2.36. The third-order valence-corrected chi connectivity index (χ3v) is 5.44. The van der Waals surface area contributed by atoms with Crippen LogP contribution in [0.5, 0.6) is 17.4 Å². The molecule has 0 aliphatic heterocycles. The highest BCUT2D eigenvalue weighted by Gasteiger charge is 2.26. The topological polar surface area (TPSA) is 135 Å². The van der Waals surface area contributed by atoms with Gasteiger partial charge in [0.15, 0.2) is 5.75 Å². The molecule has 2 aromatic rings. The lowest BCUT2D eigenvalue weighted by atomic mass is 9.82. The van der Waals surface area contributed by atoms with Gasteiger partial charge in [-0.2, -0.15) is 10.4 Å². The van der Waals surface area contributed by atoms with Crippen molar-refractivity contribution in [1.29, 1.82) is 5.26 Å². The van der Waals surface area contributed by atoms with Gasteiger partial charge < -0.3 is 14.2 Å². The van der Waals surface area contributed by atoms with Gasteiger partial charge in [0.25, 0.3) is 5.91 Å². The SMILES string of the molecule is CCOC(=O)NC(=O)C(C#N)=NNc1cc(Cl)c(Oc2ccc(OC)nc2C2CCC2)c(Cl)c1. The summed E-state index contributed by atoms with van der Waals surface area (Å²) in [4.78, 5) is 27.8. The molecule has 1 heterocycles. The number of nitriles is 1. The number of amides is 2. The van der Waals surface area contributed by atoms with E-state index in [2.05, 4.69) is 20.2 Å². The second-order valence-electron chi connectivity index (χ2n) is 7.09. The molecule has 1 saturated carbocycles. The van der Waals surface area contributed by atoms with Crippen molar-refractivity contribution in [3.05, 3.63) is 40.0 Å². The van der Waals surface area contributed by atoms with E-state index in [0.717, 1.165) is 25.0 Å². The second-order valence-corrected chi connectivity index (χ2v) is 7.91. The maximum atomic E-state index is 11.9. The summed E-state index contributed by atoms with van der Waals surface area (Å²) in [7, 11) is 1.55. The first-order chi connectivity index (χ1) is 16.4. The van der Waals surface area contributed by atoms with Gasteiger partial charge in [0.2, 0.25) is 11.6 Å². The zero-order chi connectivity index (χ0) is 24.7. The summed E-state index contributed by atoms with van der Waals surface area (Å²) in [5, 5.41) is 15.1. The van der Waals surface area contributed by atoms with Gasteiger partial charge in [-0.25, -0.2) is 9.78 Å². The fraction of sp³-hybridized carbons (Fsp3) is 0.318. The van der Waals surface area contributed by atoms with Crippen LogP contribution in [0.2, 0.25) is 10.0 Å². The number of methoxy groups -OCH3 is 1. The molecule has 34 heavy (non-hydrogen) atoms. The highest BCUT2D eigenvalue weighted by Crippen LogP contribution is 2.44. The number of hydrogen-bond donors (Lipinski definition) is 2. The molecular formula is C22H21Cl2N5O5. The number of aromatic nitrogens is 1. The zero-order valence-corrected chi connectivity index (χ0v) is 19.9. The Bertz CT molecular complexity index is 1140. The molecule has 1 aromatic heterocycles. The van der Waals surface area contributed by atoms with Gasteiger partial charge in [0, 0.05) is 12.0 Å². The summed E-state index contributed by atoms with van der Waals surface area (Å²) in [6.07, 6.45) is 2.14. The van der Waals surface area contributed by atoms with Crippen molar-refractivity contribution in [2.24, 2.45) is 5.10 Å². The Labute approximate surface area is 205 Å². The highest BCUT2D eigenvalue weighted by atomic mass is 35.5. The molecular weight excluding hydrogens is 485 g/mol. The van der Waals surface area contributed by atoms with Crippen LogP contribution in [0.25, 0.3) is 0 Å². The summed E-state index contributed by atoms with van der Waals surface area (Å²) < 4.78 is 15.8. The van der Waals surface area contributed by atoms with Crippen LogP contribution >= 0.6 is 23.2 Å². The highest BCUT2D eigenvalue weighted by molar-refractivity contribution is 6.47. The van der Waals surface area contributed by atoms with Crippen molar-refractivity contribution in [2.45, 2.75) is 32.1 Å². The number of nitrogens with one attached hydrogen (secondary N) is 2. The average Bonchev–Trinajstić information content (AvgIpc) is 2.76. The normalized spacial score (nSPS) is 13.3. The Balaban J connectivity index is 1.78. The van der Waals surface area contributed by atoms with Crippen LogP contribution in [0, 0.1) is 11.3 Å². The van der Waals surface area contributed by atoms with Gasteiger partial charge in [-0.1, -0.05) is 29.6 Å². The van der Waals surface area contributed by atoms with Gasteiger partial charge >= 0.3 is 6.09 Å². The summed E-state index contributed by atoms with van der Waals surface area (Å²) in [6.45, 7) is 1.64. The van der Waals surface area contributed by atoms with E-state index in [1.807, 2.05) is 5.32 Å². The van der Waals surface area contributed by atoms with Crippen LogP contribution in [-0.4, -0.2) is 36.4 Å². The van der Waals surface area contributed by atoms with Crippen molar-refractivity contribution in [1.82, 2.24) is 10.3 Å². The first kappa shape index (κ1) is 25.1. The predicted octanol–water partition coefficient (Wildman–Crippen LogP) is 5.02. The minimum atomic E-state index is -1.03. The average molecular weight is 506 g/mol. The number of carbonyl (C=O) groups excluding carboxylic acids is 2. The third kappa shape index (κ3) is 6.07. The number of alkyl carbamates (subject to hydrolysis) is 1. The predicted molar refractivity (Wildman–Crippen MR) is 126 cm³/mol. The number of hydrogen-bond acceptors (Lipinski definition) is 9. The molecule has 0 radical (unpaired) electrons. The van der Waals surface area contributed by atoms with Gasteiger partial charge in [-0.15, -0.1) is 0 Å². The summed E-state index contributed by atoms with van der Waals surface area (Å²) in [5.74, 6) is 0.467. The molecule has 0 atom stereocenters. The fourth-order valence-electron chi connectivity index (χ4n) is 3.02. The standard InChI is InChI=1S/C22H21Cl2N5O5/c1-3-33-22(31)27-21(30)16(11-25)29-28-13-9-14(23)20(15(24)10-13)34-17-7-8-18(32-2)26-19(17)12-5-4-6-12/h7-10,12,28H,3-6H2,1-2H3,(H,27,30,31). The molecule has 0 unspecified atom stereocenters. The van der Waals surface area contributed by atoms with Crippen molar-refractivity contribution in [2.75, 3.05) is 19.1 Å². The van der Waals surface area contributed by atoms with Crippen molar-refractivity contribution >= 4 is 46.6 Å². The number of ether oxygens (including phenoxy) is 3. The zero-order valence-electron chi connectivity index (χ0n) is 18.4. The number of carbonyl (C=O) groups is 2. The molecule has 3 rings (SSSR count). The monoisotopic (exact) mass is 505 g/mol. The van der Waals surface area contributed by atoms with Crippen molar-refractivity contribution < 1.29 is 23.8 Å². The molecule has 1 aromatic carbocycles. The van der Waals surface area contributed by atoms with E-state index in [1.54, 1.807) is 32.2 Å². The third-order valence-electron chi connectivity index (χ3n) is 4.88. The molecule has 2 N–H and O–H groups in total. The molecule has 0 spiro atoms. The van der Waals surface area contributed by atoms with E-state index in [9.17, 15) is 9.59 Å². The quantitative estimate of drug-likeness (QED) is 0.376. The summed E-state index contributed by atoms with van der Waals surface area (Å²) >= 11 is 12.8. The van der Waals surface area contributed by atoms with Crippen LogP contribution in [0.4, 0.5) is 10.5 Å². The molecule has 1 fully saturated rings. The Morgan fingerprint density at radius 1 is 1.26 bits per heavy atom. The van der Waals surface area contributed by atoms with Crippen molar-refractivity contribution in [3.63, 3.8) is 0 Å². The molecule has 12 heteroatoms. The van der Waals surface area contributed by atoms with Crippen LogP contribution in [0.15, 0.2) is 29.4 Å². The Morgan fingerprint density at radius 2 is 1.97 bits per heavy atom. The maximum absolute atomic E-state index is 11.9. The molecule has 0 bridgehead atoms. The maximum Gasteiger partial charge on any atom is 0.414 e. The van der Waals surface area contributed by atoms with Crippen LogP contribution < -0.4 is 20.2 Å². The van der Waals surface area contributed by atoms with Gasteiger partial charge in [0.05, 0.1) is 35.1 Å². The lowest BCUT2D eigenvalue weighted by Gasteiger charge is -2.27. The minimum Gasteiger partial charge on any atom is -0.481 e. The Hall–Kier alpha value is -3.55. The molecule has 0 saturated heterocycles. The number of hydrazone groups is 1. The molecule has 1 aliphatic carbocycles.